The van der Waals surface area contributed by atoms with Gasteiger partial charge in [-0.3, -0.25) is 4.90 Å². The van der Waals surface area contributed by atoms with Crippen molar-refractivity contribution in [1.29, 1.82) is 0 Å². The van der Waals surface area contributed by atoms with Gasteiger partial charge in [0.2, 0.25) is 0 Å². The molecule has 2 aromatic rings. The summed E-state index contributed by atoms with van der Waals surface area (Å²) >= 11 is 0. The number of ether oxygens (including phenoxy) is 1. The van der Waals surface area contributed by atoms with Gasteiger partial charge in [0.25, 0.3) is 0 Å². The molecule has 1 saturated heterocycles. The first-order chi connectivity index (χ1) is 9.36. The topological polar surface area (TPSA) is 12.5 Å². The van der Waals surface area contributed by atoms with Crippen molar-refractivity contribution >= 4 is 10.8 Å². The predicted octanol–water partition coefficient (Wildman–Crippen LogP) is 4.05. The summed E-state index contributed by atoms with van der Waals surface area (Å²) in [4.78, 5) is 2.43. The van der Waals surface area contributed by atoms with E-state index in [2.05, 4.69) is 54.3 Å². The van der Waals surface area contributed by atoms with Gasteiger partial charge in [-0.15, -0.1) is 0 Å². The fourth-order valence-electron chi connectivity index (χ4n) is 2.85. The van der Waals surface area contributed by atoms with Crippen LogP contribution in [0.2, 0.25) is 0 Å². The molecule has 0 aromatic heterocycles. The second-order valence-corrected chi connectivity index (χ2v) is 5.21. The van der Waals surface area contributed by atoms with Crippen LogP contribution in [0.4, 0.5) is 0 Å². The molecule has 100 valence electrons. The zero-order valence-electron chi connectivity index (χ0n) is 11.5. The molecule has 3 rings (SSSR count). The highest BCUT2D eigenvalue weighted by Crippen LogP contribution is 2.25. The summed E-state index contributed by atoms with van der Waals surface area (Å²) in [6.07, 6.45) is 3.96. The molecule has 1 aliphatic rings. The largest absolute Gasteiger partial charge is 0.475 e. The van der Waals surface area contributed by atoms with Crippen molar-refractivity contribution in [2.45, 2.75) is 32.4 Å². The van der Waals surface area contributed by atoms with Gasteiger partial charge in [-0.25, -0.2) is 0 Å². The average Bonchev–Trinajstić information content (AvgIpc) is 2.48. The normalized spacial score (nSPS) is 20.6. The fraction of sp³-hybridized carbons (Fsp3) is 0.412. The minimum Gasteiger partial charge on any atom is -0.475 e. The third-order valence-electron chi connectivity index (χ3n) is 3.95. The Bertz CT molecular complexity index is 552. The van der Waals surface area contributed by atoms with E-state index in [4.69, 9.17) is 4.74 Å². The Morgan fingerprint density at radius 1 is 1.11 bits per heavy atom. The van der Waals surface area contributed by atoms with E-state index in [-0.39, 0.29) is 6.23 Å². The molecule has 0 saturated carbocycles. The summed E-state index contributed by atoms with van der Waals surface area (Å²) in [6.45, 7) is 4.44. The van der Waals surface area contributed by atoms with Crippen LogP contribution in [0.15, 0.2) is 42.5 Å². The van der Waals surface area contributed by atoms with Crippen LogP contribution in [0.25, 0.3) is 10.8 Å². The van der Waals surface area contributed by atoms with E-state index in [1.54, 1.807) is 0 Å². The fourth-order valence-corrected chi connectivity index (χ4v) is 2.85. The zero-order valence-corrected chi connectivity index (χ0v) is 11.5. The van der Waals surface area contributed by atoms with Gasteiger partial charge in [0.05, 0.1) is 0 Å². The van der Waals surface area contributed by atoms with Crippen molar-refractivity contribution in [2.75, 3.05) is 13.1 Å². The highest BCUT2D eigenvalue weighted by molar-refractivity contribution is 5.83. The minimum atomic E-state index is 0.250. The maximum Gasteiger partial charge on any atom is 0.152 e. The van der Waals surface area contributed by atoms with Gasteiger partial charge in [0.15, 0.2) is 6.23 Å². The summed E-state index contributed by atoms with van der Waals surface area (Å²) in [5.41, 5.74) is 0. The smallest absolute Gasteiger partial charge is 0.152 e. The maximum atomic E-state index is 6.19. The second kappa shape index (κ2) is 5.62. The number of fused-ring (bicyclic) bond motifs is 1. The Hall–Kier alpha value is -1.54. The van der Waals surface area contributed by atoms with Gasteiger partial charge >= 0.3 is 0 Å². The molecule has 1 unspecified atom stereocenters. The molecule has 0 spiro atoms. The highest BCUT2D eigenvalue weighted by atomic mass is 16.5. The number of rotatable bonds is 3. The zero-order chi connectivity index (χ0) is 13.1. The molecular formula is C17H21NO. The highest BCUT2D eigenvalue weighted by Gasteiger charge is 2.22. The first-order valence-electron chi connectivity index (χ1n) is 7.26. The molecule has 1 heterocycles. The molecule has 1 atom stereocenters. The monoisotopic (exact) mass is 255 g/mol. The summed E-state index contributed by atoms with van der Waals surface area (Å²) in [5.74, 6) is 0.990. The number of piperidine rings is 1. The van der Waals surface area contributed by atoms with E-state index in [1.807, 2.05) is 0 Å². The van der Waals surface area contributed by atoms with Crippen molar-refractivity contribution in [1.82, 2.24) is 4.90 Å². The van der Waals surface area contributed by atoms with Crippen LogP contribution in [0.3, 0.4) is 0 Å². The lowest BCUT2D eigenvalue weighted by atomic mass is 10.1. The van der Waals surface area contributed by atoms with E-state index in [0.29, 0.717) is 0 Å². The standard InChI is InChI=1S/C17H21NO/c1-2-18-12-6-5-9-17(18)19-16-11-10-14-7-3-4-8-15(14)13-16/h3-4,7-8,10-11,13,17H,2,5-6,9,12H2,1H3. The number of likely N-dealkylation sites (tertiary alicyclic amines) is 1. The Kier molecular flexibility index (Phi) is 3.69. The lowest BCUT2D eigenvalue weighted by Crippen LogP contribution is -2.42. The van der Waals surface area contributed by atoms with Gasteiger partial charge in [0.1, 0.15) is 5.75 Å². The quantitative estimate of drug-likeness (QED) is 0.820. The molecule has 0 amide bonds. The van der Waals surface area contributed by atoms with Crippen molar-refractivity contribution in [3.63, 3.8) is 0 Å². The van der Waals surface area contributed by atoms with Gasteiger partial charge in [0, 0.05) is 6.54 Å². The minimum absolute atomic E-state index is 0.250. The van der Waals surface area contributed by atoms with Crippen LogP contribution in [-0.4, -0.2) is 24.2 Å². The Balaban J connectivity index is 1.80. The molecule has 1 aliphatic heterocycles. The average molecular weight is 255 g/mol. The third kappa shape index (κ3) is 2.74. The first kappa shape index (κ1) is 12.5. The number of nitrogens with zero attached hydrogens (tertiary/aromatic N) is 1. The first-order valence-corrected chi connectivity index (χ1v) is 7.26. The van der Waals surface area contributed by atoms with Crippen LogP contribution in [0.1, 0.15) is 26.2 Å². The maximum absolute atomic E-state index is 6.19. The van der Waals surface area contributed by atoms with Crippen LogP contribution in [0, 0.1) is 0 Å². The summed E-state index contributed by atoms with van der Waals surface area (Å²) < 4.78 is 6.19. The lowest BCUT2D eigenvalue weighted by Gasteiger charge is -2.34. The summed E-state index contributed by atoms with van der Waals surface area (Å²) in [6, 6.07) is 14.8. The van der Waals surface area contributed by atoms with E-state index in [0.717, 1.165) is 25.3 Å². The molecule has 0 N–H and O–H groups in total. The molecule has 2 heteroatoms. The molecule has 0 aliphatic carbocycles. The van der Waals surface area contributed by atoms with Gasteiger partial charge < -0.3 is 4.74 Å². The van der Waals surface area contributed by atoms with Crippen LogP contribution in [-0.2, 0) is 0 Å². The third-order valence-corrected chi connectivity index (χ3v) is 3.95. The molecule has 2 nitrogen and oxygen atoms in total. The van der Waals surface area contributed by atoms with E-state index < -0.39 is 0 Å². The number of benzene rings is 2. The Labute approximate surface area is 115 Å². The van der Waals surface area contributed by atoms with Crippen molar-refractivity contribution in [3.8, 4) is 5.75 Å². The molecule has 2 aromatic carbocycles. The van der Waals surface area contributed by atoms with E-state index >= 15 is 0 Å². The predicted molar refractivity (Wildman–Crippen MR) is 79.5 cm³/mol. The second-order valence-electron chi connectivity index (χ2n) is 5.21. The molecule has 19 heavy (non-hydrogen) atoms. The molecular weight excluding hydrogens is 234 g/mol. The van der Waals surface area contributed by atoms with Crippen LogP contribution in [0.5, 0.6) is 5.75 Å². The van der Waals surface area contributed by atoms with Crippen molar-refractivity contribution in [3.05, 3.63) is 42.5 Å². The van der Waals surface area contributed by atoms with Crippen molar-refractivity contribution < 1.29 is 4.74 Å². The van der Waals surface area contributed by atoms with Gasteiger partial charge in [-0.1, -0.05) is 37.3 Å². The lowest BCUT2D eigenvalue weighted by molar-refractivity contribution is 0.0000214. The number of hydrogen-bond donors (Lipinski definition) is 0. The number of hydrogen-bond acceptors (Lipinski definition) is 2. The van der Waals surface area contributed by atoms with Crippen molar-refractivity contribution in [2.24, 2.45) is 0 Å². The molecule has 0 bridgehead atoms. The summed E-state index contributed by atoms with van der Waals surface area (Å²) in [5, 5.41) is 2.52. The van der Waals surface area contributed by atoms with Gasteiger partial charge in [-0.05, 0) is 48.7 Å². The Morgan fingerprint density at radius 3 is 2.79 bits per heavy atom. The summed E-state index contributed by atoms with van der Waals surface area (Å²) in [7, 11) is 0. The molecule has 1 fully saturated rings. The Morgan fingerprint density at radius 2 is 1.95 bits per heavy atom. The van der Waals surface area contributed by atoms with E-state index in [9.17, 15) is 0 Å². The van der Waals surface area contributed by atoms with E-state index in [1.165, 1.54) is 23.6 Å². The molecule has 0 radical (unpaired) electrons. The van der Waals surface area contributed by atoms with Gasteiger partial charge in [-0.2, -0.15) is 0 Å². The van der Waals surface area contributed by atoms with Crippen LogP contribution < -0.4 is 4.74 Å². The SMILES string of the molecule is CCN1CCCCC1Oc1ccc2ccccc2c1. The van der Waals surface area contributed by atoms with Crippen LogP contribution >= 0.6 is 0 Å².